The van der Waals surface area contributed by atoms with E-state index in [0.717, 1.165) is 25.7 Å². The van der Waals surface area contributed by atoms with Crippen molar-refractivity contribution in [1.82, 2.24) is 4.90 Å². The number of nitrogens with zero attached hydrogens (tertiary/aromatic N) is 1. The van der Waals surface area contributed by atoms with Gasteiger partial charge in [0, 0.05) is 13.1 Å². The number of benzene rings is 1. The lowest BCUT2D eigenvalue weighted by atomic mass is 9.94. The Bertz CT molecular complexity index is 636. The average molecular weight is 341 g/mol. The molecule has 1 atom stereocenters. The van der Waals surface area contributed by atoms with E-state index in [0.29, 0.717) is 5.56 Å². The number of hydrogen-bond acceptors (Lipinski definition) is 3. The summed E-state index contributed by atoms with van der Waals surface area (Å²) < 4.78 is 37.9. The van der Waals surface area contributed by atoms with Crippen LogP contribution in [-0.2, 0) is 20.4 Å². The van der Waals surface area contributed by atoms with Gasteiger partial charge in [0.25, 0.3) is 0 Å². The van der Waals surface area contributed by atoms with Gasteiger partial charge in [0.2, 0.25) is 5.91 Å². The number of carbonyl (C=O) groups excluding carboxylic acids is 1. The maximum absolute atomic E-state index is 12.9. The minimum atomic E-state index is -3.62. The first kappa shape index (κ1) is 17.9. The van der Waals surface area contributed by atoms with E-state index in [4.69, 9.17) is 0 Å². The second-order valence-corrected chi connectivity index (χ2v) is 8.64. The van der Waals surface area contributed by atoms with Crippen LogP contribution in [0.1, 0.15) is 44.6 Å². The zero-order valence-corrected chi connectivity index (χ0v) is 14.5. The molecule has 6 heteroatoms. The number of rotatable bonds is 5. The second-order valence-electron chi connectivity index (χ2n) is 6.32. The number of carbonyl (C=O) groups is 1. The van der Waals surface area contributed by atoms with Crippen LogP contribution in [0.2, 0.25) is 0 Å². The van der Waals surface area contributed by atoms with Crippen LogP contribution in [-0.4, -0.2) is 37.6 Å². The molecule has 0 N–H and O–H groups in total. The Kier molecular flexibility index (Phi) is 5.79. The van der Waals surface area contributed by atoms with Crippen LogP contribution in [0.5, 0.6) is 0 Å². The van der Waals surface area contributed by atoms with E-state index in [-0.39, 0.29) is 17.7 Å². The minimum Gasteiger partial charge on any atom is -0.342 e. The van der Waals surface area contributed by atoms with Crippen LogP contribution in [0, 0.1) is 5.82 Å². The Labute approximate surface area is 137 Å². The number of amides is 1. The lowest BCUT2D eigenvalue weighted by Gasteiger charge is -2.32. The predicted molar refractivity (Wildman–Crippen MR) is 88.1 cm³/mol. The molecule has 1 fully saturated rings. The molecular formula is C17H24FNO3S. The highest BCUT2D eigenvalue weighted by Gasteiger charge is 2.33. The molecule has 1 aliphatic carbocycles. The van der Waals surface area contributed by atoms with E-state index in [1.807, 2.05) is 0 Å². The molecule has 1 aromatic rings. The average Bonchev–Trinajstić information content (AvgIpc) is 2.55. The molecule has 0 bridgehead atoms. The van der Waals surface area contributed by atoms with E-state index in [9.17, 15) is 17.6 Å². The summed E-state index contributed by atoms with van der Waals surface area (Å²) in [6.07, 6.45) is 5.22. The van der Waals surface area contributed by atoms with Crippen molar-refractivity contribution in [2.75, 3.05) is 7.05 Å². The van der Waals surface area contributed by atoms with Crippen LogP contribution >= 0.6 is 0 Å². The molecule has 1 amide bonds. The number of halogens is 1. The largest absolute Gasteiger partial charge is 0.342 e. The third-order valence-corrected chi connectivity index (χ3v) is 6.65. The smallest absolute Gasteiger partial charge is 0.240 e. The number of sulfone groups is 1. The molecule has 1 saturated carbocycles. The lowest BCUT2D eigenvalue weighted by molar-refractivity contribution is -0.131. The topological polar surface area (TPSA) is 54.5 Å². The van der Waals surface area contributed by atoms with Crippen LogP contribution in [0.15, 0.2) is 24.3 Å². The van der Waals surface area contributed by atoms with E-state index >= 15 is 0 Å². The summed E-state index contributed by atoms with van der Waals surface area (Å²) >= 11 is 0. The van der Waals surface area contributed by atoms with Crippen molar-refractivity contribution in [3.8, 4) is 0 Å². The molecule has 2 rings (SSSR count). The third-order valence-electron chi connectivity index (χ3n) is 4.64. The van der Waals surface area contributed by atoms with Gasteiger partial charge < -0.3 is 4.90 Å². The fraction of sp³-hybridized carbons (Fsp3) is 0.588. The van der Waals surface area contributed by atoms with Gasteiger partial charge in [-0.25, -0.2) is 12.8 Å². The second kappa shape index (κ2) is 7.43. The Morgan fingerprint density at radius 3 is 2.35 bits per heavy atom. The summed E-state index contributed by atoms with van der Waals surface area (Å²) in [6.45, 7) is 1.44. The van der Waals surface area contributed by atoms with Crippen LogP contribution < -0.4 is 0 Å². The van der Waals surface area contributed by atoms with Gasteiger partial charge in [-0.3, -0.25) is 4.79 Å². The van der Waals surface area contributed by atoms with Crippen molar-refractivity contribution in [1.29, 1.82) is 0 Å². The molecule has 0 aromatic heterocycles. The van der Waals surface area contributed by atoms with Gasteiger partial charge in [0.15, 0.2) is 9.84 Å². The molecule has 0 spiro atoms. The van der Waals surface area contributed by atoms with E-state index < -0.39 is 20.9 Å². The molecule has 0 saturated heterocycles. The van der Waals surface area contributed by atoms with Crippen molar-refractivity contribution in [2.45, 2.75) is 56.1 Å². The number of hydrogen-bond donors (Lipinski definition) is 0. The summed E-state index contributed by atoms with van der Waals surface area (Å²) in [5.41, 5.74) is 0.492. The van der Waals surface area contributed by atoms with Gasteiger partial charge in [0.1, 0.15) is 11.1 Å². The lowest BCUT2D eigenvalue weighted by Crippen LogP contribution is -2.45. The van der Waals surface area contributed by atoms with Crippen molar-refractivity contribution in [2.24, 2.45) is 0 Å². The van der Waals surface area contributed by atoms with E-state index in [2.05, 4.69) is 0 Å². The minimum absolute atomic E-state index is 0.139. The monoisotopic (exact) mass is 341 g/mol. The molecule has 1 aliphatic rings. The third kappa shape index (κ3) is 4.53. The van der Waals surface area contributed by atoms with Gasteiger partial charge in [-0.1, -0.05) is 31.4 Å². The Balaban J connectivity index is 2.05. The van der Waals surface area contributed by atoms with Crippen molar-refractivity contribution in [3.05, 3.63) is 35.6 Å². The Hall–Kier alpha value is -1.43. The first-order chi connectivity index (χ1) is 10.8. The standard InChI is InChI=1S/C17H24FNO3S/c1-13(17(20)19(2)16-6-4-3-5-7-16)23(21,22)12-14-8-10-15(18)11-9-14/h8-11,13,16H,3-7,12H2,1-2H3. The normalized spacial score (nSPS) is 17.7. The molecule has 0 radical (unpaired) electrons. The molecule has 128 valence electrons. The van der Waals surface area contributed by atoms with Crippen molar-refractivity contribution < 1.29 is 17.6 Å². The van der Waals surface area contributed by atoms with Crippen molar-refractivity contribution in [3.63, 3.8) is 0 Å². The Morgan fingerprint density at radius 2 is 1.78 bits per heavy atom. The molecule has 1 aromatic carbocycles. The quantitative estimate of drug-likeness (QED) is 0.827. The predicted octanol–water partition coefficient (Wildman–Crippen LogP) is 2.92. The first-order valence-electron chi connectivity index (χ1n) is 8.04. The summed E-state index contributed by atoms with van der Waals surface area (Å²) in [7, 11) is -1.93. The van der Waals surface area contributed by atoms with Crippen LogP contribution in [0.4, 0.5) is 4.39 Å². The molecular weight excluding hydrogens is 317 g/mol. The molecule has 0 aliphatic heterocycles. The van der Waals surface area contributed by atoms with Crippen molar-refractivity contribution >= 4 is 15.7 Å². The summed E-state index contributed by atoms with van der Waals surface area (Å²) in [4.78, 5) is 14.1. The molecule has 0 heterocycles. The summed E-state index contributed by atoms with van der Waals surface area (Å²) in [5.74, 6) is -1.01. The fourth-order valence-electron chi connectivity index (χ4n) is 3.03. The zero-order chi connectivity index (χ0) is 17.0. The summed E-state index contributed by atoms with van der Waals surface area (Å²) in [5, 5.41) is -1.08. The highest BCUT2D eigenvalue weighted by Crippen LogP contribution is 2.23. The van der Waals surface area contributed by atoms with Crippen LogP contribution in [0.25, 0.3) is 0 Å². The van der Waals surface area contributed by atoms with Gasteiger partial charge >= 0.3 is 0 Å². The van der Waals surface area contributed by atoms with E-state index in [1.54, 1.807) is 11.9 Å². The highest BCUT2D eigenvalue weighted by atomic mass is 32.2. The van der Waals surface area contributed by atoms with Gasteiger partial charge in [0.05, 0.1) is 5.75 Å². The van der Waals surface area contributed by atoms with Gasteiger partial charge in [-0.05, 0) is 37.5 Å². The van der Waals surface area contributed by atoms with Crippen LogP contribution in [0.3, 0.4) is 0 Å². The highest BCUT2D eigenvalue weighted by molar-refractivity contribution is 7.92. The van der Waals surface area contributed by atoms with E-state index in [1.165, 1.54) is 37.6 Å². The first-order valence-corrected chi connectivity index (χ1v) is 9.75. The maximum atomic E-state index is 12.9. The summed E-state index contributed by atoms with van der Waals surface area (Å²) in [6, 6.07) is 5.47. The molecule has 4 nitrogen and oxygen atoms in total. The van der Waals surface area contributed by atoms with Gasteiger partial charge in [-0.15, -0.1) is 0 Å². The zero-order valence-electron chi connectivity index (χ0n) is 13.7. The molecule has 1 unspecified atom stereocenters. The SMILES string of the molecule is CC(C(=O)N(C)C1CCCCC1)S(=O)(=O)Cc1ccc(F)cc1. The Morgan fingerprint density at radius 1 is 1.22 bits per heavy atom. The van der Waals surface area contributed by atoms with Gasteiger partial charge in [-0.2, -0.15) is 0 Å². The molecule has 23 heavy (non-hydrogen) atoms. The maximum Gasteiger partial charge on any atom is 0.240 e. The fourth-order valence-corrected chi connectivity index (χ4v) is 4.41.